The Morgan fingerprint density at radius 1 is 1.50 bits per heavy atom. The Kier molecular flexibility index (Phi) is 3.96. The molecule has 0 atom stereocenters. The summed E-state index contributed by atoms with van der Waals surface area (Å²) in [5.74, 6) is -1.28. The fourth-order valence-corrected chi connectivity index (χ4v) is 0.522. The number of amides is 1. The van der Waals surface area contributed by atoms with E-state index in [0.717, 1.165) is 0 Å². The number of nitrogens with zero attached hydrogens (tertiary/aromatic N) is 2. The van der Waals surface area contributed by atoms with Crippen LogP contribution in [-0.2, 0) is 9.53 Å². The third-order valence-corrected chi connectivity index (χ3v) is 0.975. The van der Waals surface area contributed by atoms with Gasteiger partial charge in [-0.2, -0.15) is 10.5 Å². The van der Waals surface area contributed by atoms with Crippen molar-refractivity contribution in [2.45, 2.75) is 6.92 Å². The molecular weight excluding hydrogens is 158 g/mol. The van der Waals surface area contributed by atoms with Crippen molar-refractivity contribution in [2.75, 3.05) is 6.61 Å². The Bertz CT molecular complexity index is 293. The lowest BCUT2D eigenvalue weighted by molar-refractivity contribution is -0.114. The smallest absolute Gasteiger partial charge is 0.263 e. The van der Waals surface area contributed by atoms with Crippen LogP contribution in [0.5, 0.6) is 0 Å². The summed E-state index contributed by atoms with van der Waals surface area (Å²) in [6.07, 6.45) is 0. The van der Waals surface area contributed by atoms with Gasteiger partial charge in [0.2, 0.25) is 5.76 Å². The second kappa shape index (κ2) is 4.75. The Balaban J connectivity index is 4.95. The lowest BCUT2D eigenvalue weighted by Crippen LogP contribution is -2.15. The normalized spacial score (nSPS) is 10.6. The van der Waals surface area contributed by atoms with E-state index in [0.29, 0.717) is 0 Å². The molecule has 0 aliphatic rings. The van der Waals surface area contributed by atoms with Crippen molar-refractivity contribution in [3.8, 4) is 12.1 Å². The second-order valence-electron chi connectivity index (χ2n) is 1.72. The second-order valence-corrected chi connectivity index (χ2v) is 1.72. The maximum atomic E-state index is 10.5. The largest absolute Gasteiger partial charge is 0.483 e. The summed E-state index contributed by atoms with van der Waals surface area (Å²) in [5, 5.41) is 16.8. The van der Waals surface area contributed by atoms with Crippen LogP contribution in [0.1, 0.15) is 6.92 Å². The Labute approximate surface area is 69.6 Å². The molecule has 12 heavy (non-hydrogen) atoms. The molecule has 0 aliphatic heterocycles. The third kappa shape index (κ3) is 2.31. The molecular formula is C7H7N3O2. The molecule has 5 heteroatoms. The number of carbonyl (C=O) groups excluding carboxylic acids is 1. The molecule has 0 bridgehead atoms. The number of hydrogen-bond acceptors (Lipinski definition) is 4. The Morgan fingerprint density at radius 3 is 2.33 bits per heavy atom. The highest BCUT2D eigenvalue weighted by Crippen LogP contribution is 2.03. The molecule has 0 aromatic heterocycles. The Hall–Kier alpha value is -2.01. The highest BCUT2D eigenvalue weighted by atomic mass is 16.5. The molecule has 0 fully saturated rings. The average molecular weight is 165 g/mol. The number of allylic oxidation sites excluding steroid dienone is 1. The van der Waals surface area contributed by atoms with Gasteiger partial charge in [-0.25, -0.2) is 0 Å². The first-order valence-electron chi connectivity index (χ1n) is 3.14. The lowest BCUT2D eigenvalue weighted by atomic mass is 10.2. The van der Waals surface area contributed by atoms with Crippen LogP contribution in [0.15, 0.2) is 11.3 Å². The van der Waals surface area contributed by atoms with Crippen LogP contribution in [-0.4, -0.2) is 12.5 Å². The van der Waals surface area contributed by atoms with Gasteiger partial charge >= 0.3 is 0 Å². The molecule has 2 N–H and O–H groups in total. The van der Waals surface area contributed by atoms with Crippen LogP contribution in [0.3, 0.4) is 0 Å². The van der Waals surface area contributed by atoms with Gasteiger partial charge in [0.1, 0.15) is 12.1 Å². The standard InChI is InChI=1S/C7H7N3O2/c1-2-12-6(4-9)5(3-8)7(10)11/h2H2,1H3,(H2,10,11)/b6-5+. The van der Waals surface area contributed by atoms with Crippen molar-refractivity contribution in [2.24, 2.45) is 5.73 Å². The van der Waals surface area contributed by atoms with Crippen molar-refractivity contribution in [1.29, 1.82) is 10.5 Å². The predicted octanol–water partition coefficient (Wildman–Crippen LogP) is -0.191. The zero-order chi connectivity index (χ0) is 9.56. The fourth-order valence-electron chi connectivity index (χ4n) is 0.522. The van der Waals surface area contributed by atoms with E-state index in [4.69, 9.17) is 21.0 Å². The van der Waals surface area contributed by atoms with Gasteiger partial charge in [-0.15, -0.1) is 0 Å². The molecule has 0 saturated heterocycles. The van der Waals surface area contributed by atoms with Gasteiger partial charge in [-0.05, 0) is 6.92 Å². The van der Waals surface area contributed by atoms with Crippen LogP contribution in [0.2, 0.25) is 0 Å². The van der Waals surface area contributed by atoms with Crippen LogP contribution >= 0.6 is 0 Å². The van der Waals surface area contributed by atoms with Gasteiger partial charge < -0.3 is 10.5 Å². The molecule has 0 aromatic rings. The van der Waals surface area contributed by atoms with Crippen molar-refractivity contribution >= 4 is 5.91 Å². The minimum Gasteiger partial charge on any atom is -0.483 e. The summed E-state index contributed by atoms with van der Waals surface area (Å²) in [6.45, 7) is 1.84. The van der Waals surface area contributed by atoms with E-state index >= 15 is 0 Å². The van der Waals surface area contributed by atoms with Crippen LogP contribution < -0.4 is 5.73 Å². The van der Waals surface area contributed by atoms with E-state index in [2.05, 4.69) is 0 Å². The molecule has 5 nitrogen and oxygen atoms in total. The first kappa shape index (κ1) is 9.99. The van der Waals surface area contributed by atoms with Crippen LogP contribution in [0, 0.1) is 22.7 Å². The van der Waals surface area contributed by atoms with E-state index in [9.17, 15) is 4.79 Å². The maximum Gasteiger partial charge on any atom is 0.263 e. The average Bonchev–Trinajstić information content (AvgIpc) is 2.03. The molecule has 1 amide bonds. The molecule has 0 rings (SSSR count). The fraction of sp³-hybridized carbons (Fsp3) is 0.286. The maximum absolute atomic E-state index is 10.5. The highest BCUT2D eigenvalue weighted by Gasteiger charge is 2.12. The van der Waals surface area contributed by atoms with E-state index in [1.807, 2.05) is 0 Å². The molecule has 0 aromatic carbocycles. The number of rotatable bonds is 3. The summed E-state index contributed by atoms with van der Waals surface area (Å²) < 4.78 is 4.70. The van der Waals surface area contributed by atoms with Crippen molar-refractivity contribution in [3.63, 3.8) is 0 Å². The zero-order valence-electron chi connectivity index (χ0n) is 6.50. The molecule has 0 unspecified atom stereocenters. The van der Waals surface area contributed by atoms with Crippen molar-refractivity contribution in [3.05, 3.63) is 11.3 Å². The monoisotopic (exact) mass is 165 g/mol. The van der Waals surface area contributed by atoms with Gasteiger partial charge in [0, 0.05) is 0 Å². The van der Waals surface area contributed by atoms with E-state index in [-0.39, 0.29) is 12.4 Å². The van der Waals surface area contributed by atoms with Gasteiger partial charge in [-0.1, -0.05) is 0 Å². The summed E-state index contributed by atoms with van der Waals surface area (Å²) >= 11 is 0. The Morgan fingerprint density at radius 2 is 2.08 bits per heavy atom. The van der Waals surface area contributed by atoms with E-state index in [1.165, 1.54) is 6.07 Å². The number of carbonyl (C=O) groups is 1. The number of nitrogens with two attached hydrogens (primary N) is 1. The van der Waals surface area contributed by atoms with E-state index < -0.39 is 11.5 Å². The van der Waals surface area contributed by atoms with Crippen molar-refractivity contribution in [1.82, 2.24) is 0 Å². The molecule has 62 valence electrons. The molecule has 0 saturated carbocycles. The SMILES string of the molecule is CCO/C(C#N)=C(\C#N)C(N)=O. The zero-order valence-corrected chi connectivity index (χ0v) is 6.50. The molecule has 0 aliphatic carbocycles. The topological polar surface area (TPSA) is 99.9 Å². The first-order valence-corrected chi connectivity index (χ1v) is 3.14. The van der Waals surface area contributed by atoms with Crippen LogP contribution in [0.25, 0.3) is 0 Å². The molecule has 0 spiro atoms. The van der Waals surface area contributed by atoms with Gasteiger partial charge in [0.25, 0.3) is 5.91 Å². The summed E-state index contributed by atoms with van der Waals surface area (Å²) in [6, 6.07) is 3.06. The summed E-state index contributed by atoms with van der Waals surface area (Å²) in [7, 11) is 0. The minimum atomic E-state index is -0.956. The highest BCUT2D eigenvalue weighted by molar-refractivity contribution is 5.97. The summed E-state index contributed by atoms with van der Waals surface area (Å²) in [4.78, 5) is 10.5. The number of primary amides is 1. The third-order valence-electron chi connectivity index (χ3n) is 0.975. The van der Waals surface area contributed by atoms with E-state index in [1.54, 1.807) is 13.0 Å². The number of nitriles is 2. The minimum absolute atomic E-state index is 0.210. The lowest BCUT2D eigenvalue weighted by Gasteiger charge is -1.99. The number of ether oxygens (including phenoxy) is 1. The van der Waals surface area contributed by atoms with Gasteiger partial charge in [0.15, 0.2) is 5.57 Å². The van der Waals surface area contributed by atoms with Gasteiger partial charge in [0.05, 0.1) is 6.61 Å². The number of hydrogen-bond donors (Lipinski definition) is 1. The van der Waals surface area contributed by atoms with Gasteiger partial charge in [-0.3, -0.25) is 4.79 Å². The summed E-state index contributed by atoms with van der Waals surface area (Å²) in [5.41, 5.74) is 4.36. The van der Waals surface area contributed by atoms with Crippen LogP contribution in [0.4, 0.5) is 0 Å². The molecule has 0 radical (unpaired) electrons. The predicted molar refractivity (Wildman–Crippen MR) is 39.1 cm³/mol. The molecule has 0 heterocycles. The van der Waals surface area contributed by atoms with Crippen molar-refractivity contribution < 1.29 is 9.53 Å². The quantitative estimate of drug-likeness (QED) is 0.355. The first-order chi connectivity index (χ1) is 5.67.